The minimum Gasteiger partial charge on any atom is -0.481 e. The van der Waals surface area contributed by atoms with Crippen molar-refractivity contribution >= 4 is 27.9 Å². The first kappa shape index (κ1) is 15.8. The van der Waals surface area contributed by atoms with Gasteiger partial charge in [-0.3, -0.25) is 4.79 Å². The van der Waals surface area contributed by atoms with Crippen molar-refractivity contribution < 1.29 is 14.7 Å². The smallest absolute Gasteiger partial charge is 0.315 e. The van der Waals surface area contributed by atoms with E-state index in [4.69, 9.17) is 5.11 Å². The zero-order valence-electron chi connectivity index (χ0n) is 11.6. The highest BCUT2D eigenvalue weighted by atomic mass is 79.9. The Morgan fingerprint density at radius 3 is 2.52 bits per heavy atom. The van der Waals surface area contributed by atoms with Gasteiger partial charge in [-0.25, -0.2) is 4.79 Å². The van der Waals surface area contributed by atoms with Gasteiger partial charge in [0.05, 0.1) is 0 Å². The number of hydrogen-bond acceptors (Lipinski definition) is 2. The van der Waals surface area contributed by atoms with Crippen LogP contribution in [0.3, 0.4) is 0 Å². The van der Waals surface area contributed by atoms with Crippen molar-refractivity contribution in [1.82, 2.24) is 10.6 Å². The van der Waals surface area contributed by atoms with Crippen LogP contribution in [-0.4, -0.2) is 29.7 Å². The topological polar surface area (TPSA) is 78.4 Å². The van der Waals surface area contributed by atoms with Crippen LogP contribution in [0.2, 0.25) is 0 Å². The van der Waals surface area contributed by atoms with E-state index in [-0.39, 0.29) is 18.5 Å². The summed E-state index contributed by atoms with van der Waals surface area (Å²) in [6, 6.07) is 8.28. The van der Waals surface area contributed by atoms with Gasteiger partial charge >= 0.3 is 12.0 Å². The molecule has 114 valence electrons. The lowest BCUT2D eigenvalue weighted by Crippen LogP contribution is -2.47. The van der Waals surface area contributed by atoms with Gasteiger partial charge in [0, 0.05) is 23.5 Å². The minimum absolute atomic E-state index is 0.0787. The highest BCUT2D eigenvalue weighted by Gasteiger charge is 2.31. The number of carboxylic acids is 1. The van der Waals surface area contributed by atoms with Gasteiger partial charge in [-0.05, 0) is 42.9 Å². The van der Waals surface area contributed by atoms with E-state index in [1.165, 1.54) is 5.56 Å². The molecule has 21 heavy (non-hydrogen) atoms. The van der Waals surface area contributed by atoms with Crippen LogP contribution in [-0.2, 0) is 4.79 Å². The van der Waals surface area contributed by atoms with Gasteiger partial charge in [0.2, 0.25) is 0 Å². The fourth-order valence-electron chi connectivity index (χ4n) is 2.42. The molecule has 0 radical (unpaired) electrons. The summed E-state index contributed by atoms with van der Waals surface area (Å²) in [4.78, 5) is 21.9. The number of benzene rings is 1. The maximum absolute atomic E-state index is 11.6. The maximum Gasteiger partial charge on any atom is 0.315 e. The van der Waals surface area contributed by atoms with E-state index in [2.05, 4.69) is 38.7 Å². The van der Waals surface area contributed by atoms with Crippen LogP contribution in [0.4, 0.5) is 4.79 Å². The third-order valence-corrected chi connectivity index (χ3v) is 4.20. The van der Waals surface area contributed by atoms with Crippen LogP contribution in [0.15, 0.2) is 28.7 Å². The van der Waals surface area contributed by atoms with Gasteiger partial charge in [-0.15, -0.1) is 0 Å². The lowest BCUT2D eigenvalue weighted by molar-refractivity contribution is -0.137. The van der Waals surface area contributed by atoms with E-state index in [1.54, 1.807) is 0 Å². The fourth-order valence-corrected chi connectivity index (χ4v) is 2.69. The highest BCUT2D eigenvalue weighted by Crippen LogP contribution is 2.37. The fraction of sp³-hybridized carbons (Fsp3) is 0.467. The molecule has 0 aliphatic heterocycles. The van der Waals surface area contributed by atoms with Crippen molar-refractivity contribution in [3.05, 3.63) is 34.3 Å². The average Bonchev–Trinajstić information content (AvgIpc) is 2.40. The number of amides is 2. The summed E-state index contributed by atoms with van der Waals surface area (Å²) in [5.41, 5.74) is 1.30. The number of hydrogen-bond donors (Lipinski definition) is 3. The molecule has 0 spiro atoms. The van der Waals surface area contributed by atoms with E-state index in [0.717, 1.165) is 17.3 Å². The second-order valence-electron chi connectivity index (χ2n) is 5.31. The minimum atomic E-state index is -0.839. The Bertz CT molecular complexity index is 498. The molecular formula is C15H19BrN2O3. The predicted octanol–water partition coefficient (Wildman–Crippen LogP) is 2.86. The second kappa shape index (κ2) is 7.45. The van der Waals surface area contributed by atoms with E-state index in [9.17, 15) is 9.59 Å². The van der Waals surface area contributed by atoms with Crippen LogP contribution >= 0.6 is 15.9 Å². The summed E-state index contributed by atoms with van der Waals surface area (Å²) in [6.07, 6.45) is 2.43. The van der Waals surface area contributed by atoms with Crippen LogP contribution in [0, 0.1) is 0 Å². The van der Waals surface area contributed by atoms with Crippen LogP contribution in [0.25, 0.3) is 0 Å². The van der Waals surface area contributed by atoms with E-state index < -0.39 is 5.97 Å². The first-order chi connectivity index (χ1) is 10.0. The molecule has 6 heteroatoms. The summed E-state index contributed by atoms with van der Waals surface area (Å²) in [7, 11) is 0. The van der Waals surface area contributed by atoms with Crippen LogP contribution in [0.5, 0.6) is 0 Å². The molecule has 2 rings (SSSR count). The van der Waals surface area contributed by atoms with Crippen molar-refractivity contribution in [3.63, 3.8) is 0 Å². The first-order valence-electron chi connectivity index (χ1n) is 7.06. The van der Waals surface area contributed by atoms with Crippen molar-refractivity contribution in [2.45, 2.75) is 37.6 Å². The van der Waals surface area contributed by atoms with Crippen molar-refractivity contribution in [3.8, 4) is 0 Å². The van der Waals surface area contributed by atoms with Crippen molar-refractivity contribution in [1.29, 1.82) is 0 Å². The lowest BCUT2D eigenvalue weighted by Gasteiger charge is -2.36. The second-order valence-corrected chi connectivity index (χ2v) is 6.23. The van der Waals surface area contributed by atoms with Gasteiger partial charge in [0.1, 0.15) is 0 Å². The summed E-state index contributed by atoms with van der Waals surface area (Å²) in [5, 5.41) is 14.1. The quantitative estimate of drug-likeness (QED) is 0.687. The molecule has 1 aliphatic rings. The molecule has 2 amide bonds. The molecule has 0 saturated heterocycles. The van der Waals surface area contributed by atoms with Gasteiger partial charge in [-0.1, -0.05) is 28.1 Å². The molecule has 1 aromatic rings. The van der Waals surface area contributed by atoms with Crippen molar-refractivity contribution in [2.75, 3.05) is 6.54 Å². The molecule has 0 bridgehead atoms. The molecule has 1 saturated carbocycles. The highest BCUT2D eigenvalue weighted by molar-refractivity contribution is 9.10. The van der Waals surface area contributed by atoms with Gasteiger partial charge in [0.25, 0.3) is 0 Å². The Kier molecular flexibility index (Phi) is 5.61. The number of rotatable bonds is 6. The van der Waals surface area contributed by atoms with Gasteiger partial charge < -0.3 is 15.7 Å². The van der Waals surface area contributed by atoms with E-state index in [0.29, 0.717) is 18.9 Å². The SMILES string of the molecule is O=C(O)CCCNC(=O)NC1CC(c2ccc(Br)cc2)C1. The first-order valence-corrected chi connectivity index (χ1v) is 7.85. The normalized spacial score (nSPS) is 20.4. The molecule has 1 fully saturated rings. The molecule has 1 aromatic carbocycles. The third-order valence-electron chi connectivity index (χ3n) is 3.67. The molecule has 3 N–H and O–H groups in total. The zero-order valence-corrected chi connectivity index (χ0v) is 13.2. The summed E-state index contributed by atoms with van der Waals surface area (Å²) >= 11 is 3.42. The number of nitrogens with one attached hydrogen (secondary N) is 2. The molecular weight excluding hydrogens is 336 g/mol. The Balaban J connectivity index is 1.62. The summed E-state index contributed by atoms with van der Waals surface area (Å²) in [6.45, 7) is 0.390. The summed E-state index contributed by atoms with van der Waals surface area (Å²) < 4.78 is 1.07. The third kappa shape index (κ3) is 5.04. The molecule has 0 atom stereocenters. The Hall–Kier alpha value is -1.56. The predicted molar refractivity (Wildman–Crippen MR) is 83.3 cm³/mol. The van der Waals surface area contributed by atoms with Crippen LogP contribution in [0.1, 0.15) is 37.2 Å². The largest absolute Gasteiger partial charge is 0.481 e. The number of carboxylic acid groups (broad SMARTS) is 1. The molecule has 0 heterocycles. The van der Waals surface area contributed by atoms with Crippen molar-refractivity contribution in [2.24, 2.45) is 0 Å². The molecule has 1 aliphatic carbocycles. The zero-order chi connectivity index (χ0) is 15.2. The standard InChI is InChI=1S/C15H19BrN2O3/c16-12-5-3-10(4-6-12)11-8-13(9-11)18-15(21)17-7-1-2-14(19)20/h3-6,11,13H,1-2,7-9H2,(H,19,20)(H2,17,18,21). The molecule has 0 aromatic heterocycles. The average molecular weight is 355 g/mol. The van der Waals surface area contributed by atoms with Gasteiger partial charge in [0.15, 0.2) is 0 Å². The number of carbonyl (C=O) groups is 2. The molecule has 0 unspecified atom stereocenters. The molecule has 5 nitrogen and oxygen atoms in total. The van der Waals surface area contributed by atoms with E-state index >= 15 is 0 Å². The maximum atomic E-state index is 11.6. The summed E-state index contributed by atoms with van der Waals surface area (Å²) in [5.74, 6) is -0.330. The number of carbonyl (C=O) groups excluding carboxylic acids is 1. The number of aliphatic carboxylic acids is 1. The lowest BCUT2D eigenvalue weighted by atomic mass is 9.76. The Labute approximate surface area is 132 Å². The number of halogens is 1. The van der Waals surface area contributed by atoms with Crippen LogP contribution < -0.4 is 10.6 Å². The number of urea groups is 1. The Morgan fingerprint density at radius 1 is 1.24 bits per heavy atom. The van der Waals surface area contributed by atoms with Gasteiger partial charge in [-0.2, -0.15) is 0 Å². The Morgan fingerprint density at radius 2 is 1.90 bits per heavy atom. The van der Waals surface area contributed by atoms with E-state index in [1.807, 2.05) is 12.1 Å². The monoisotopic (exact) mass is 354 g/mol.